The van der Waals surface area contributed by atoms with E-state index in [9.17, 15) is 24.0 Å². The molecule has 3 heterocycles. The van der Waals surface area contributed by atoms with Crippen LogP contribution >= 0.6 is 0 Å². The van der Waals surface area contributed by atoms with E-state index >= 15 is 0 Å². The van der Waals surface area contributed by atoms with Crippen molar-refractivity contribution in [3.05, 3.63) is 94.9 Å². The third-order valence-electron chi connectivity index (χ3n) is 5.88. The number of carbonyl (C=O) groups is 5. The number of nitrogens with zero attached hydrogens (tertiary/aromatic N) is 2. The Hall–Kier alpha value is -4.73. The second-order valence-electron chi connectivity index (χ2n) is 8.04. The highest BCUT2D eigenvalue weighted by atomic mass is 16.3. The van der Waals surface area contributed by atoms with Crippen LogP contribution in [0, 0.1) is 0 Å². The van der Waals surface area contributed by atoms with Crippen LogP contribution in [0.25, 0.3) is 0 Å². The molecule has 2 aliphatic heterocycles. The van der Waals surface area contributed by atoms with E-state index in [1.807, 2.05) is 0 Å². The Labute approximate surface area is 193 Å². The van der Waals surface area contributed by atoms with E-state index in [0.29, 0.717) is 16.3 Å². The van der Waals surface area contributed by atoms with Crippen LogP contribution in [0.2, 0.25) is 0 Å². The summed E-state index contributed by atoms with van der Waals surface area (Å²) in [7, 11) is 0. The standard InChI is InChI=1S/C24H18N4O6/c1-24(15-6-3-2-4-7-15)22(32)28(23(33)25-24)26-19(29)14-9-10-17-18(12-14)21(31)27(20(17)30)13-16-8-5-11-34-16/h2-12H,13H2,1H3,(H,25,33)(H,26,29). The van der Waals surface area contributed by atoms with Crippen LogP contribution in [0.5, 0.6) is 0 Å². The maximum absolute atomic E-state index is 13.0. The molecule has 170 valence electrons. The maximum Gasteiger partial charge on any atom is 0.344 e. The van der Waals surface area contributed by atoms with Gasteiger partial charge in [0.25, 0.3) is 23.6 Å². The Morgan fingerprint density at radius 2 is 1.71 bits per heavy atom. The lowest BCUT2D eigenvalue weighted by molar-refractivity contribution is -0.132. The number of nitrogens with one attached hydrogen (secondary N) is 2. The summed E-state index contributed by atoms with van der Waals surface area (Å²) >= 11 is 0. The summed E-state index contributed by atoms with van der Waals surface area (Å²) in [5, 5.41) is 3.20. The third-order valence-corrected chi connectivity index (χ3v) is 5.88. The van der Waals surface area contributed by atoms with Gasteiger partial charge in [0.2, 0.25) is 0 Å². The van der Waals surface area contributed by atoms with Crippen LogP contribution in [0.15, 0.2) is 71.3 Å². The quantitative estimate of drug-likeness (QED) is 0.445. The van der Waals surface area contributed by atoms with E-state index in [0.717, 1.165) is 4.90 Å². The minimum atomic E-state index is -1.35. The molecular weight excluding hydrogens is 440 g/mol. The Balaban J connectivity index is 1.36. The fourth-order valence-electron chi connectivity index (χ4n) is 4.01. The van der Waals surface area contributed by atoms with Gasteiger partial charge < -0.3 is 9.73 Å². The summed E-state index contributed by atoms with van der Waals surface area (Å²) in [6, 6.07) is 15.1. The molecule has 0 aliphatic carbocycles. The Bertz CT molecular complexity index is 1350. The van der Waals surface area contributed by atoms with Gasteiger partial charge in [-0.1, -0.05) is 30.3 Å². The average molecular weight is 458 g/mol. The molecule has 3 aromatic rings. The first-order valence-electron chi connectivity index (χ1n) is 10.4. The number of amides is 6. The normalized spacial score (nSPS) is 19.4. The number of hydrogen-bond acceptors (Lipinski definition) is 6. The molecule has 0 spiro atoms. The zero-order valence-corrected chi connectivity index (χ0v) is 17.9. The molecule has 1 aromatic heterocycles. The molecule has 10 nitrogen and oxygen atoms in total. The third kappa shape index (κ3) is 3.24. The summed E-state index contributed by atoms with van der Waals surface area (Å²) in [5.41, 5.74) is 1.71. The van der Waals surface area contributed by atoms with Gasteiger partial charge in [-0.2, -0.15) is 5.01 Å². The van der Waals surface area contributed by atoms with Crippen molar-refractivity contribution in [2.75, 3.05) is 0 Å². The molecule has 2 aliphatic rings. The lowest BCUT2D eigenvalue weighted by Gasteiger charge is -2.22. The SMILES string of the molecule is CC1(c2ccccc2)NC(=O)N(NC(=O)c2ccc3c(c2)C(=O)N(Cc2ccco2)C3=O)C1=O. The van der Waals surface area contributed by atoms with Gasteiger partial charge >= 0.3 is 6.03 Å². The summed E-state index contributed by atoms with van der Waals surface area (Å²) in [5.74, 6) is -2.08. The van der Waals surface area contributed by atoms with Crippen molar-refractivity contribution in [2.45, 2.75) is 19.0 Å². The molecule has 1 fully saturated rings. The first kappa shape index (κ1) is 21.1. The van der Waals surface area contributed by atoms with E-state index in [-0.39, 0.29) is 23.2 Å². The smallest absolute Gasteiger partial charge is 0.344 e. The van der Waals surface area contributed by atoms with Crippen molar-refractivity contribution >= 4 is 29.7 Å². The highest BCUT2D eigenvalue weighted by Gasteiger charge is 2.50. The number of carbonyl (C=O) groups excluding carboxylic acids is 5. The molecule has 2 N–H and O–H groups in total. The van der Waals surface area contributed by atoms with Crippen molar-refractivity contribution < 1.29 is 28.4 Å². The molecule has 6 amide bonds. The average Bonchev–Trinajstić information content (AvgIpc) is 3.50. The molecule has 0 saturated carbocycles. The molecule has 0 bridgehead atoms. The summed E-state index contributed by atoms with van der Waals surface area (Å²) in [4.78, 5) is 64.8. The summed E-state index contributed by atoms with van der Waals surface area (Å²) in [6.07, 6.45) is 1.44. The second kappa shape index (κ2) is 7.69. The van der Waals surface area contributed by atoms with Gasteiger partial charge in [-0.25, -0.2) is 4.79 Å². The minimum Gasteiger partial charge on any atom is -0.467 e. The molecule has 1 unspecified atom stereocenters. The van der Waals surface area contributed by atoms with Crippen LogP contribution in [0.3, 0.4) is 0 Å². The van der Waals surface area contributed by atoms with Gasteiger partial charge in [0.1, 0.15) is 11.3 Å². The van der Waals surface area contributed by atoms with E-state index in [2.05, 4.69) is 10.7 Å². The van der Waals surface area contributed by atoms with Gasteiger partial charge in [0, 0.05) is 5.56 Å². The zero-order chi connectivity index (χ0) is 24.0. The number of hydrazine groups is 1. The topological polar surface area (TPSA) is 129 Å². The van der Waals surface area contributed by atoms with Gasteiger partial charge in [0.15, 0.2) is 0 Å². The molecule has 0 radical (unpaired) electrons. The Kier molecular flexibility index (Phi) is 4.78. The zero-order valence-electron chi connectivity index (χ0n) is 17.9. The van der Waals surface area contributed by atoms with E-state index in [4.69, 9.17) is 4.42 Å². The first-order valence-corrected chi connectivity index (χ1v) is 10.4. The minimum absolute atomic E-state index is 0.00802. The van der Waals surface area contributed by atoms with Crippen LogP contribution in [-0.4, -0.2) is 39.6 Å². The predicted molar refractivity (Wildman–Crippen MR) is 116 cm³/mol. The molecule has 2 aromatic carbocycles. The molecule has 1 saturated heterocycles. The van der Waals surface area contributed by atoms with Crippen LogP contribution in [0.4, 0.5) is 4.79 Å². The van der Waals surface area contributed by atoms with Gasteiger partial charge in [-0.15, -0.1) is 0 Å². The lowest BCUT2D eigenvalue weighted by atomic mass is 9.92. The van der Waals surface area contributed by atoms with Crippen molar-refractivity contribution in [3.63, 3.8) is 0 Å². The molecule has 34 heavy (non-hydrogen) atoms. The predicted octanol–water partition coefficient (Wildman–Crippen LogP) is 2.19. The summed E-state index contributed by atoms with van der Waals surface area (Å²) < 4.78 is 5.21. The Morgan fingerprint density at radius 1 is 0.971 bits per heavy atom. The molecule has 5 rings (SSSR count). The molecule has 1 atom stereocenters. The van der Waals surface area contributed by atoms with Crippen LogP contribution < -0.4 is 10.7 Å². The number of urea groups is 1. The number of furan rings is 1. The first-order chi connectivity index (χ1) is 16.3. The monoisotopic (exact) mass is 458 g/mol. The Morgan fingerprint density at radius 3 is 2.41 bits per heavy atom. The van der Waals surface area contributed by atoms with Crippen molar-refractivity contribution in [1.82, 2.24) is 20.7 Å². The van der Waals surface area contributed by atoms with E-state index in [1.165, 1.54) is 24.5 Å². The second-order valence-corrected chi connectivity index (χ2v) is 8.04. The largest absolute Gasteiger partial charge is 0.467 e. The van der Waals surface area contributed by atoms with E-state index < -0.39 is 35.2 Å². The fraction of sp³-hybridized carbons (Fsp3) is 0.125. The van der Waals surface area contributed by atoms with Crippen molar-refractivity contribution in [2.24, 2.45) is 0 Å². The summed E-state index contributed by atoms with van der Waals surface area (Å²) in [6.45, 7) is 1.50. The van der Waals surface area contributed by atoms with Gasteiger partial charge in [0.05, 0.1) is 23.9 Å². The number of imide groups is 2. The van der Waals surface area contributed by atoms with Gasteiger partial charge in [-0.3, -0.25) is 29.5 Å². The molecule has 10 heteroatoms. The number of fused-ring (bicyclic) bond motifs is 1. The number of benzene rings is 2. The van der Waals surface area contributed by atoms with Crippen LogP contribution in [0.1, 0.15) is 49.3 Å². The maximum atomic E-state index is 13.0. The fourth-order valence-corrected chi connectivity index (χ4v) is 4.01. The number of hydrogen-bond donors (Lipinski definition) is 2. The van der Waals surface area contributed by atoms with Crippen molar-refractivity contribution in [1.29, 1.82) is 0 Å². The highest BCUT2D eigenvalue weighted by Crippen LogP contribution is 2.29. The van der Waals surface area contributed by atoms with E-state index in [1.54, 1.807) is 49.4 Å². The van der Waals surface area contributed by atoms with Gasteiger partial charge in [-0.05, 0) is 42.8 Å². The highest BCUT2D eigenvalue weighted by molar-refractivity contribution is 6.22. The molecular formula is C24H18N4O6. The van der Waals surface area contributed by atoms with Crippen molar-refractivity contribution in [3.8, 4) is 0 Å². The lowest BCUT2D eigenvalue weighted by Crippen LogP contribution is -2.47. The van der Waals surface area contributed by atoms with Crippen LogP contribution in [-0.2, 0) is 16.9 Å². The number of rotatable bonds is 5.